The van der Waals surface area contributed by atoms with Gasteiger partial charge in [-0.05, 0) is 44.6 Å². The van der Waals surface area contributed by atoms with Gasteiger partial charge in [-0.2, -0.15) is 0 Å². The molecular formula is C14H24N2O2. The van der Waals surface area contributed by atoms with Crippen molar-refractivity contribution in [3.63, 3.8) is 0 Å². The van der Waals surface area contributed by atoms with Crippen molar-refractivity contribution in [2.75, 3.05) is 6.54 Å². The minimum absolute atomic E-state index is 0.0223. The Kier molecular flexibility index (Phi) is 4.05. The Balaban J connectivity index is 1.86. The van der Waals surface area contributed by atoms with Crippen molar-refractivity contribution in [2.45, 2.75) is 58.5 Å². The largest absolute Gasteiger partial charge is 0.305 e. The van der Waals surface area contributed by atoms with Gasteiger partial charge in [0.25, 0.3) is 0 Å². The van der Waals surface area contributed by atoms with Crippen molar-refractivity contribution in [3.05, 3.63) is 0 Å². The van der Waals surface area contributed by atoms with Crippen molar-refractivity contribution in [2.24, 2.45) is 11.8 Å². The van der Waals surface area contributed by atoms with Gasteiger partial charge >= 0.3 is 0 Å². The standard InChI is InChI=1S/C14H24N2O2/c1-4-10(3)16-13(17)7-12(14(16)18)15-8-9(2)11-5-6-11/h9-12,15H,4-8H2,1-3H3. The van der Waals surface area contributed by atoms with Crippen LogP contribution < -0.4 is 5.32 Å². The summed E-state index contributed by atoms with van der Waals surface area (Å²) in [4.78, 5) is 25.5. The maximum absolute atomic E-state index is 12.2. The van der Waals surface area contributed by atoms with Gasteiger partial charge in [0.2, 0.25) is 11.8 Å². The van der Waals surface area contributed by atoms with Gasteiger partial charge in [-0.15, -0.1) is 0 Å². The van der Waals surface area contributed by atoms with Crippen LogP contribution in [0.25, 0.3) is 0 Å². The monoisotopic (exact) mass is 252 g/mol. The van der Waals surface area contributed by atoms with Gasteiger partial charge in [0.1, 0.15) is 0 Å². The van der Waals surface area contributed by atoms with Gasteiger partial charge in [-0.3, -0.25) is 14.5 Å². The Morgan fingerprint density at radius 2 is 2.00 bits per heavy atom. The zero-order valence-corrected chi connectivity index (χ0v) is 11.6. The number of amides is 2. The lowest BCUT2D eigenvalue weighted by molar-refractivity contribution is -0.141. The van der Waals surface area contributed by atoms with Gasteiger partial charge < -0.3 is 5.32 Å². The lowest BCUT2D eigenvalue weighted by Crippen LogP contribution is -2.43. The fourth-order valence-electron chi connectivity index (χ4n) is 2.62. The van der Waals surface area contributed by atoms with E-state index in [2.05, 4.69) is 12.2 Å². The fourth-order valence-corrected chi connectivity index (χ4v) is 2.62. The van der Waals surface area contributed by atoms with Crippen LogP contribution in [0.2, 0.25) is 0 Å². The van der Waals surface area contributed by atoms with Gasteiger partial charge in [0, 0.05) is 6.04 Å². The van der Waals surface area contributed by atoms with E-state index in [1.807, 2.05) is 13.8 Å². The molecule has 4 heteroatoms. The molecule has 18 heavy (non-hydrogen) atoms. The van der Waals surface area contributed by atoms with Gasteiger partial charge in [0.05, 0.1) is 12.5 Å². The highest BCUT2D eigenvalue weighted by Crippen LogP contribution is 2.36. The summed E-state index contributed by atoms with van der Waals surface area (Å²) in [5, 5.41) is 3.28. The summed E-state index contributed by atoms with van der Waals surface area (Å²) in [6, 6.07) is -0.259. The molecule has 2 amide bonds. The molecule has 0 aromatic rings. The number of carbonyl (C=O) groups excluding carboxylic acids is 2. The SMILES string of the molecule is CCC(C)N1C(=O)CC(NCC(C)C2CC2)C1=O. The predicted octanol–water partition coefficient (Wildman–Crippen LogP) is 1.55. The van der Waals surface area contributed by atoms with E-state index in [0.717, 1.165) is 18.9 Å². The smallest absolute Gasteiger partial charge is 0.247 e. The third-order valence-corrected chi connectivity index (χ3v) is 4.33. The number of hydrogen-bond donors (Lipinski definition) is 1. The number of nitrogens with one attached hydrogen (secondary N) is 1. The highest BCUT2D eigenvalue weighted by Gasteiger charge is 2.40. The predicted molar refractivity (Wildman–Crippen MR) is 69.9 cm³/mol. The number of carbonyl (C=O) groups is 2. The van der Waals surface area contributed by atoms with Crippen molar-refractivity contribution in [1.29, 1.82) is 0 Å². The first-order valence-electron chi connectivity index (χ1n) is 7.13. The average Bonchev–Trinajstić information content (AvgIpc) is 3.14. The highest BCUT2D eigenvalue weighted by molar-refractivity contribution is 6.05. The topological polar surface area (TPSA) is 49.4 Å². The van der Waals surface area contributed by atoms with Crippen LogP contribution >= 0.6 is 0 Å². The van der Waals surface area contributed by atoms with Crippen molar-refractivity contribution in [1.82, 2.24) is 10.2 Å². The third-order valence-electron chi connectivity index (χ3n) is 4.33. The lowest BCUT2D eigenvalue weighted by Gasteiger charge is -2.22. The minimum atomic E-state index is -0.285. The molecule has 2 aliphatic rings. The van der Waals surface area contributed by atoms with Crippen LogP contribution in [0.3, 0.4) is 0 Å². The van der Waals surface area contributed by atoms with E-state index >= 15 is 0 Å². The van der Waals surface area contributed by atoms with E-state index in [0.29, 0.717) is 12.3 Å². The van der Waals surface area contributed by atoms with E-state index < -0.39 is 0 Å². The van der Waals surface area contributed by atoms with Crippen molar-refractivity contribution < 1.29 is 9.59 Å². The summed E-state index contributed by atoms with van der Waals surface area (Å²) < 4.78 is 0. The highest BCUT2D eigenvalue weighted by atomic mass is 16.2. The number of hydrogen-bond acceptors (Lipinski definition) is 3. The summed E-state index contributed by atoms with van der Waals surface area (Å²) in [5.41, 5.74) is 0. The van der Waals surface area contributed by atoms with Gasteiger partial charge in [0.15, 0.2) is 0 Å². The maximum atomic E-state index is 12.2. The molecule has 0 aromatic carbocycles. The zero-order valence-electron chi connectivity index (χ0n) is 11.6. The van der Waals surface area contributed by atoms with E-state index in [-0.39, 0.29) is 23.9 Å². The molecule has 1 saturated heterocycles. The first-order chi connectivity index (χ1) is 8.54. The average molecular weight is 252 g/mol. The van der Waals surface area contributed by atoms with E-state index in [1.54, 1.807) is 0 Å². The Morgan fingerprint density at radius 3 is 2.56 bits per heavy atom. The molecule has 1 saturated carbocycles. The van der Waals surface area contributed by atoms with Crippen LogP contribution in [-0.2, 0) is 9.59 Å². The van der Waals surface area contributed by atoms with Crippen LogP contribution in [-0.4, -0.2) is 35.3 Å². The van der Waals surface area contributed by atoms with Crippen molar-refractivity contribution >= 4 is 11.8 Å². The molecule has 0 aromatic heterocycles. The normalized spacial score (nSPS) is 27.7. The van der Waals surface area contributed by atoms with Crippen LogP contribution in [0, 0.1) is 11.8 Å². The summed E-state index contributed by atoms with van der Waals surface area (Å²) >= 11 is 0. The maximum Gasteiger partial charge on any atom is 0.247 e. The first kappa shape index (κ1) is 13.5. The molecule has 2 rings (SSSR count). The zero-order chi connectivity index (χ0) is 13.3. The number of rotatable bonds is 6. The first-order valence-corrected chi connectivity index (χ1v) is 7.13. The van der Waals surface area contributed by atoms with Gasteiger partial charge in [-0.25, -0.2) is 0 Å². The molecule has 1 heterocycles. The van der Waals surface area contributed by atoms with Crippen LogP contribution in [0.15, 0.2) is 0 Å². The summed E-state index contributed by atoms with van der Waals surface area (Å²) in [6.45, 7) is 7.01. The molecule has 0 bridgehead atoms. The molecule has 1 aliphatic carbocycles. The summed E-state index contributed by atoms with van der Waals surface area (Å²) in [6.07, 6.45) is 3.79. The Morgan fingerprint density at radius 1 is 1.33 bits per heavy atom. The molecule has 1 N–H and O–H groups in total. The van der Waals surface area contributed by atoms with Crippen molar-refractivity contribution in [3.8, 4) is 0 Å². The Labute approximate surface area is 109 Å². The lowest BCUT2D eigenvalue weighted by atomic mass is 10.1. The number of imide groups is 1. The molecule has 102 valence electrons. The Bertz CT molecular complexity index is 339. The van der Waals surface area contributed by atoms with E-state index in [4.69, 9.17) is 0 Å². The molecule has 1 aliphatic heterocycles. The second kappa shape index (κ2) is 5.39. The molecule has 2 fully saturated rings. The Hall–Kier alpha value is -0.900. The molecule has 3 unspecified atom stereocenters. The molecule has 0 radical (unpaired) electrons. The fraction of sp³-hybridized carbons (Fsp3) is 0.857. The summed E-state index contributed by atoms with van der Waals surface area (Å²) in [7, 11) is 0. The van der Waals surface area contributed by atoms with Crippen LogP contribution in [0.5, 0.6) is 0 Å². The van der Waals surface area contributed by atoms with E-state index in [9.17, 15) is 9.59 Å². The number of likely N-dealkylation sites (tertiary alicyclic amines) is 1. The molecule has 3 atom stereocenters. The minimum Gasteiger partial charge on any atom is -0.305 e. The van der Waals surface area contributed by atoms with E-state index in [1.165, 1.54) is 17.7 Å². The third kappa shape index (κ3) is 2.74. The van der Waals surface area contributed by atoms with Crippen LogP contribution in [0.4, 0.5) is 0 Å². The summed E-state index contributed by atoms with van der Waals surface area (Å²) in [5.74, 6) is 1.39. The molecule has 0 spiro atoms. The van der Waals surface area contributed by atoms with Crippen LogP contribution in [0.1, 0.15) is 46.5 Å². The second-order valence-electron chi connectivity index (χ2n) is 5.84. The molecule has 4 nitrogen and oxygen atoms in total. The second-order valence-corrected chi connectivity index (χ2v) is 5.84. The number of nitrogens with zero attached hydrogens (tertiary/aromatic N) is 1. The molecular weight excluding hydrogens is 228 g/mol. The van der Waals surface area contributed by atoms with Gasteiger partial charge in [-0.1, -0.05) is 13.8 Å². The quantitative estimate of drug-likeness (QED) is 0.730.